The van der Waals surface area contributed by atoms with E-state index >= 15 is 0 Å². The van der Waals surface area contributed by atoms with E-state index in [1.165, 1.54) is 11.2 Å². The van der Waals surface area contributed by atoms with E-state index in [1.54, 1.807) is 24.3 Å². The number of nitrogens with zero attached hydrogens (tertiary/aromatic N) is 1. The maximum absolute atomic E-state index is 12.7. The third kappa shape index (κ3) is 3.57. The zero-order valence-corrected chi connectivity index (χ0v) is 15.7. The summed E-state index contributed by atoms with van der Waals surface area (Å²) in [4.78, 5) is 23.2. The van der Waals surface area contributed by atoms with Crippen LogP contribution in [-0.2, 0) is 20.4 Å². The molecule has 0 aromatic heterocycles. The minimum Gasteiger partial charge on any atom is -0.385 e. The van der Waals surface area contributed by atoms with Gasteiger partial charge in [-0.05, 0) is 37.5 Å². The van der Waals surface area contributed by atoms with Gasteiger partial charge >= 0.3 is 6.03 Å². The first kappa shape index (κ1) is 19.1. The minimum absolute atomic E-state index is 0.118. The molecule has 10 heteroatoms. The average molecular weight is 402 g/mol. The number of imide groups is 1. The van der Waals surface area contributed by atoms with Gasteiger partial charge in [-0.2, -0.15) is 0 Å². The van der Waals surface area contributed by atoms with Gasteiger partial charge in [0.1, 0.15) is 5.54 Å². The molecule has 0 spiro atoms. The number of urea groups is 1. The van der Waals surface area contributed by atoms with Gasteiger partial charge in [0.15, 0.2) is 0 Å². The molecule has 2 aliphatic rings. The molecule has 3 N–H and O–H groups in total. The second-order valence-corrected chi connectivity index (χ2v) is 9.34. The molecule has 3 rings (SSSR count). The van der Waals surface area contributed by atoms with Crippen molar-refractivity contribution in [2.45, 2.75) is 30.9 Å². The molecule has 0 bridgehead atoms. The van der Waals surface area contributed by atoms with Crippen molar-refractivity contribution in [2.24, 2.45) is 0 Å². The first-order chi connectivity index (χ1) is 12.0. The van der Waals surface area contributed by atoms with Gasteiger partial charge in [0.25, 0.3) is 5.91 Å². The molecule has 2 saturated heterocycles. The molecular weight excluding hydrogens is 382 g/mol. The van der Waals surface area contributed by atoms with Crippen LogP contribution in [0.4, 0.5) is 4.79 Å². The van der Waals surface area contributed by atoms with Crippen LogP contribution in [0.25, 0.3) is 0 Å². The maximum atomic E-state index is 12.7. The lowest BCUT2D eigenvalue weighted by Crippen LogP contribution is -2.54. The molecule has 0 unspecified atom stereocenters. The molecule has 8 nitrogen and oxygen atoms in total. The van der Waals surface area contributed by atoms with Crippen molar-refractivity contribution in [3.05, 3.63) is 34.9 Å². The zero-order chi connectivity index (χ0) is 19.2. The van der Waals surface area contributed by atoms with Crippen molar-refractivity contribution in [1.82, 2.24) is 14.9 Å². The van der Waals surface area contributed by atoms with Crippen molar-refractivity contribution in [3.63, 3.8) is 0 Å². The fraction of sp³-hybridized carbons (Fsp3) is 0.500. The van der Waals surface area contributed by atoms with Gasteiger partial charge in [0.2, 0.25) is 10.0 Å². The summed E-state index contributed by atoms with van der Waals surface area (Å²) in [5.41, 5.74) is -1.94. The van der Waals surface area contributed by atoms with Crippen LogP contribution in [0, 0.1) is 0 Å². The van der Waals surface area contributed by atoms with Crippen LogP contribution in [0.5, 0.6) is 0 Å². The quantitative estimate of drug-likeness (QED) is 0.637. The van der Waals surface area contributed by atoms with E-state index in [2.05, 4.69) is 5.32 Å². The van der Waals surface area contributed by atoms with Gasteiger partial charge in [-0.3, -0.25) is 10.1 Å². The Morgan fingerprint density at radius 2 is 1.77 bits per heavy atom. The summed E-state index contributed by atoms with van der Waals surface area (Å²) >= 11 is 5.86. The molecular formula is C16H20ClN3O5S. The highest BCUT2D eigenvalue weighted by atomic mass is 35.5. The predicted octanol–water partition coefficient (Wildman–Crippen LogP) is 0.551. The molecule has 0 saturated carbocycles. The van der Waals surface area contributed by atoms with E-state index in [-0.39, 0.29) is 25.9 Å². The van der Waals surface area contributed by atoms with E-state index in [9.17, 15) is 23.1 Å². The van der Waals surface area contributed by atoms with Gasteiger partial charge in [0.05, 0.1) is 11.4 Å². The average Bonchev–Trinajstić information content (AvgIpc) is 2.79. The fourth-order valence-corrected chi connectivity index (χ4v) is 5.30. The number of piperidine rings is 1. The van der Waals surface area contributed by atoms with Gasteiger partial charge in [0, 0.05) is 18.1 Å². The molecule has 0 radical (unpaired) electrons. The number of carbonyl (C=O) groups excluding carboxylic acids is 2. The van der Waals surface area contributed by atoms with Crippen LogP contribution in [-0.4, -0.2) is 54.1 Å². The number of rotatable bonds is 4. The Kier molecular flexibility index (Phi) is 4.76. The van der Waals surface area contributed by atoms with Crippen molar-refractivity contribution >= 4 is 33.6 Å². The monoisotopic (exact) mass is 401 g/mol. The summed E-state index contributed by atoms with van der Waals surface area (Å²) in [5, 5.41) is 15.8. The van der Waals surface area contributed by atoms with E-state index in [1.807, 2.05) is 5.32 Å². The third-order valence-corrected chi connectivity index (χ3v) is 7.26. The molecule has 3 amide bonds. The first-order valence-corrected chi connectivity index (χ1v) is 10.1. The Balaban J connectivity index is 1.70. The Bertz CT molecular complexity index is 834. The number of nitrogens with one attached hydrogen (secondary N) is 2. The lowest BCUT2D eigenvalue weighted by Gasteiger charge is -2.38. The Morgan fingerprint density at radius 3 is 2.27 bits per heavy atom. The summed E-state index contributed by atoms with van der Waals surface area (Å²) in [6.07, 6.45) is 0.451. The van der Waals surface area contributed by atoms with Crippen LogP contribution >= 0.6 is 11.6 Å². The van der Waals surface area contributed by atoms with E-state index in [4.69, 9.17) is 11.6 Å². The zero-order valence-electron chi connectivity index (χ0n) is 14.2. The van der Waals surface area contributed by atoms with E-state index in [0.29, 0.717) is 10.6 Å². The molecule has 1 atom stereocenters. The Hall–Kier alpha value is -1.68. The summed E-state index contributed by atoms with van der Waals surface area (Å²) in [7, 11) is -3.80. The molecule has 26 heavy (non-hydrogen) atoms. The SMILES string of the molecule is C[C@]1(CS(=O)(=O)N2CCC(O)(c3ccc(Cl)cc3)CC2)NC(=O)NC1=O. The molecule has 1 aromatic carbocycles. The number of amides is 3. The number of hydrogen-bond donors (Lipinski definition) is 3. The third-order valence-electron chi connectivity index (χ3n) is 4.91. The topological polar surface area (TPSA) is 116 Å². The molecule has 2 heterocycles. The summed E-state index contributed by atoms with van der Waals surface area (Å²) < 4.78 is 26.6. The van der Waals surface area contributed by atoms with Crippen LogP contribution in [0.3, 0.4) is 0 Å². The second kappa shape index (κ2) is 6.49. The number of hydrogen-bond acceptors (Lipinski definition) is 5. The molecule has 1 aromatic rings. The molecule has 2 fully saturated rings. The van der Waals surface area contributed by atoms with E-state index < -0.39 is 38.9 Å². The van der Waals surface area contributed by atoms with Gasteiger partial charge in [-0.25, -0.2) is 17.5 Å². The van der Waals surface area contributed by atoms with Crippen LogP contribution in [0.15, 0.2) is 24.3 Å². The lowest BCUT2D eigenvalue weighted by molar-refractivity contribution is -0.122. The number of aliphatic hydroxyl groups is 1. The normalized spacial score (nSPS) is 26.4. The largest absolute Gasteiger partial charge is 0.385 e. The second-order valence-electron chi connectivity index (χ2n) is 6.93. The highest BCUT2D eigenvalue weighted by Gasteiger charge is 2.47. The molecule has 0 aliphatic carbocycles. The Labute approximate surface area is 156 Å². The smallest absolute Gasteiger partial charge is 0.322 e. The van der Waals surface area contributed by atoms with Gasteiger partial charge < -0.3 is 10.4 Å². The van der Waals surface area contributed by atoms with Gasteiger partial charge in [-0.15, -0.1) is 0 Å². The minimum atomic E-state index is -3.80. The number of halogens is 1. The molecule has 142 valence electrons. The lowest BCUT2D eigenvalue weighted by atomic mass is 9.85. The van der Waals surface area contributed by atoms with Crippen molar-refractivity contribution in [1.29, 1.82) is 0 Å². The van der Waals surface area contributed by atoms with E-state index in [0.717, 1.165) is 0 Å². The summed E-state index contributed by atoms with van der Waals surface area (Å²) in [6, 6.07) is 6.11. The fourth-order valence-electron chi connectivity index (χ4n) is 3.32. The number of benzene rings is 1. The Morgan fingerprint density at radius 1 is 1.19 bits per heavy atom. The van der Waals surface area contributed by atoms with Crippen LogP contribution < -0.4 is 10.6 Å². The summed E-state index contributed by atoms with van der Waals surface area (Å²) in [5.74, 6) is -1.20. The highest BCUT2D eigenvalue weighted by molar-refractivity contribution is 7.89. The number of carbonyl (C=O) groups is 2. The summed E-state index contributed by atoms with van der Waals surface area (Å²) in [6.45, 7) is 1.61. The first-order valence-electron chi connectivity index (χ1n) is 8.14. The van der Waals surface area contributed by atoms with Crippen molar-refractivity contribution < 1.29 is 23.1 Å². The van der Waals surface area contributed by atoms with Crippen LogP contribution in [0.2, 0.25) is 5.02 Å². The number of sulfonamides is 1. The van der Waals surface area contributed by atoms with Gasteiger partial charge in [-0.1, -0.05) is 23.7 Å². The van der Waals surface area contributed by atoms with Crippen molar-refractivity contribution in [2.75, 3.05) is 18.8 Å². The predicted molar refractivity (Wildman–Crippen MR) is 95.0 cm³/mol. The standard InChI is InChI=1S/C16H20ClN3O5S/c1-15(13(21)18-14(22)19-15)10-26(24,25)20-8-6-16(23,7-9-20)11-2-4-12(17)5-3-11/h2-5,23H,6-10H2,1H3,(H2,18,19,21,22)/t15-/m1/s1. The molecule has 2 aliphatic heterocycles. The van der Waals surface area contributed by atoms with Crippen LogP contribution in [0.1, 0.15) is 25.3 Å². The highest BCUT2D eigenvalue weighted by Crippen LogP contribution is 2.34. The van der Waals surface area contributed by atoms with Crippen molar-refractivity contribution in [3.8, 4) is 0 Å². The maximum Gasteiger partial charge on any atom is 0.322 e.